The van der Waals surface area contributed by atoms with Crippen molar-refractivity contribution in [3.63, 3.8) is 0 Å². The van der Waals surface area contributed by atoms with E-state index in [1.165, 1.54) is 67.3 Å². The van der Waals surface area contributed by atoms with Crippen molar-refractivity contribution in [1.82, 2.24) is 38.2 Å². The van der Waals surface area contributed by atoms with Crippen LogP contribution in [0, 0.1) is 0 Å². The second-order valence-electron chi connectivity index (χ2n) is 16.6. The Morgan fingerprint density at radius 1 is 0.521 bits per heavy atom. The summed E-state index contributed by atoms with van der Waals surface area (Å²) in [5.74, 6) is 0.00551. The molecule has 4 aromatic heterocycles. The number of nitrogens with zero attached hydrogens (tertiary/aromatic N) is 8. The Hall–Kier alpha value is -2.76. The number of aliphatic hydroxyl groups is 2. The van der Waals surface area contributed by atoms with Crippen molar-refractivity contribution in [2.75, 3.05) is 49.4 Å². The van der Waals surface area contributed by atoms with E-state index in [1.807, 2.05) is 0 Å². The number of hydrogen-bond donors (Lipinski definition) is 9. The highest BCUT2D eigenvalue weighted by atomic mass is 32.9. The molecule has 0 aliphatic carbocycles. The number of rotatable bonds is 20. The van der Waals surface area contributed by atoms with Gasteiger partial charge in [-0.05, 0) is 59.7 Å². The van der Waals surface area contributed by atoms with Crippen LogP contribution in [0.5, 0.6) is 0 Å². The third kappa shape index (κ3) is 14.2. The highest BCUT2D eigenvalue weighted by Gasteiger charge is 2.46. The van der Waals surface area contributed by atoms with E-state index in [4.69, 9.17) is 104 Å². The molecule has 8 heterocycles. The summed E-state index contributed by atoms with van der Waals surface area (Å²) in [6, 6.07) is 5.65. The standard InChI is InChI=1S/C36H49N12O16P3S6/c37-25-1-5-45(33(51)41-25)29-9-17(50)22(59-29)14-55-65(68,69)63-19-11-31(47-7-3-27(39)43-35(47)53)61-24(19)16-57-67(72,73)64-20-12-32(48-8-4-28(40)44-36(48)54)60-23(20)15-56-66(70,71)62-18-10-30(58-21(18)13-49)46-6-2-26(38)42-34(46)52/h1-8,17-24,29-32,49-50H,9-16H2,(H,68,69)(H,70,71)(H,72,73)(H2,37,41,51)(H2,38,42,52)(H2,39,43,53)(H2,40,44,54). The van der Waals surface area contributed by atoms with Crippen LogP contribution in [0.25, 0.3) is 0 Å². The lowest BCUT2D eigenvalue weighted by molar-refractivity contribution is -0.0497. The average Bonchev–Trinajstić information content (AvgIpc) is 4.09. The summed E-state index contributed by atoms with van der Waals surface area (Å²) in [6.07, 6.45) is -5.85. The van der Waals surface area contributed by atoms with Crippen molar-refractivity contribution in [3.8, 4) is 0 Å². The van der Waals surface area contributed by atoms with E-state index in [9.17, 15) is 29.4 Å². The third-order valence-electron chi connectivity index (χ3n) is 11.6. The minimum absolute atomic E-state index is 0.000701. The number of hydrogen-bond acceptors (Lipinski definition) is 27. The van der Waals surface area contributed by atoms with Crippen molar-refractivity contribution in [1.29, 1.82) is 0 Å². The summed E-state index contributed by atoms with van der Waals surface area (Å²) in [4.78, 5) is 65.9. The smallest absolute Gasteiger partial charge is 0.351 e. The van der Waals surface area contributed by atoms with Crippen LogP contribution >= 0.6 is 53.8 Å². The Balaban J connectivity index is 0.939. The first-order chi connectivity index (χ1) is 34.4. The molecule has 4 aromatic rings. The fourth-order valence-electron chi connectivity index (χ4n) is 8.13. The summed E-state index contributed by atoms with van der Waals surface area (Å²) in [7, 11) is 0. The third-order valence-corrected chi connectivity index (χ3v) is 18.2. The molecule has 0 radical (unpaired) electrons. The van der Waals surface area contributed by atoms with Gasteiger partial charge in [-0.3, -0.25) is 18.3 Å². The van der Waals surface area contributed by atoms with E-state index in [0.29, 0.717) is 0 Å². The summed E-state index contributed by atoms with van der Waals surface area (Å²) >= 11 is 30.9. The van der Waals surface area contributed by atoms with Gasteiger partial charge in [-0.2, -0.15) is 19.9 Å². The number of ether oxygens (including phenoxy) is 4. The topological polar surface area (TPSA) is 376 Å². The van der Waals surface area contributed by atoms with Crippen LogP contribution in [0.15, 0.2) is 68.2 Å². The van der Waals surface area contributed by atoms with E-state index in [2.05, 4.69) is 56.7 Å². The molecule has 4 aliphatic rings. The van der Waals surface area contributed by atoms with E-state index >= 15 is 0 Å². The molecular formula is C36H49N12O16P3S6. The van der Waals surface area contributed by atoms with Crippen molar-refractivity contribution in [3.05, 3.63) is 91.0 Å². The van der Waals surface area contributed by atoms with E-state index < -0.39 is 120 Å². The van der Waals surface area contributed by atoms with Gasteiger partial charge >= 0.3 is 22.8 Å². The van der Waals surface area contributed by atoms with Gasteiger partial charge in [0.2, 0.25) is 17.1 Å². The van der Waals surface area contributed by atoms with Crippen molar-refractivity contribution >= 4 is 113 Å². The monoisotopic (exact) mass is 1190 g/mol. The van der Waals surface area contributed by atoms with Gasteiger partial charge < -0.3 is 79.2 Å². The maximum absolute atomic E-state index is 13.0. The van der Waals surface area contributed by atoms with Crippen LogP contribution < -0.4 is 45.7 Å². The fraction of sp³-hybridized carbons (Fsp3) is 0.556. The van der Waals surface area contributed by atoms with E-state index in [-0.39, 0.29) is 68.8 Å². The molecule has 37 heteroatoms. The Kier molecular flexibility index (Phi) is 18.1. The molecule has 0 spiro atoms. The molecule has 0 saturated carbocycles. The van der Waals surface area contributed by atoms with Gasteiger partial charge in [0, 0.05) is 50.5 Å². The molecule has 8 rings (SSSR count). The van der Waals surface area contributed by atoms with Gasteiger partial charge in [-0.25, -0.2) is 19.2 Å². The van der Waals surface area contributed by atoms with Crippen LogP contribution in [0.2, 0.25) is 0 Å². The number of anilines is 4. The first-order valence-corrected chi connectivity index (χ1v) is 33.1. The average molecular weight is 1190 g/mol. The van der Waals surface area contributed by atoms with Crippen molar-refractivity contribution in [2.45, 2.75) is 99.4 Å². The van der Waals surface area contributed by atoms with Crippen molar-refractivity contribution in [2.24, 2.45) is 0 Å². The van der Waals surface area contributed by atoms with Crippen LogP contribution in [0.4, 0.5) is 23.3 Å². The predicted octanol–water partition coefficient (Wildman–Crippen LogP) is 0.514. The van der Waals surface area contributed by atoms with Gasteiger partial charge in [-0.1, -0.05) is 36.7 Å². The van der Waals surface area contributed by atoms with Gasteiger partial charge in [-0.15, -0.1) is 0 Å². The molecule has 4 aliphatic heterocycles. The Bertz CT molecular complexity index is 3060. The molecule has 0 aromatic carbocycles. The lowest BCUT2D eigenvalue weighted by Crippen LogP contribution is -2.31. The lowest BCUT2D eigenvalue weighted by atomic mass is 10.2. The number of thiol groups is 3. The molecule has 15 unspecified atom stereocenters. The second-order valence-corrected chi connectivity index (χ2v) is 32.3. The zero-order chi connectivity index (χ0) is 52.6. The van der Waals surface area contributed by atoms with E-state index in [0.717, 1.165) is 0 Å². The van der Waals surface area contributed by atoms with Crippen molar-refractivity contribution < 1.29 is 56.3 Å². The summed E-state index contributed by atoms with van der Waals surface area (Å²) < 4.78 is 66.0. The molecule has 73 heavy (non-hydrogen) atoms. The molecule has 15 atom stereocenters. The minimum Gasteiger partial charge on any atom is -0.394 e. The number of nitrogens with two attached hydrogens (primary N) is 4. The number of aromatic nitrogens is 8. The maximum Gasteiger partial charge on any atom is 0.351 e. The minimum atomic E-state index is -3.63. The van der Waals surface area contributed by atoms with Gasteiger partial charge in [0.1, 0.15) is 72.6 Å². The predicted molar refractivity (Wildman–Crippen MR) is 281 cm³/mol. The SMILES string of the molecule is Nc1ccn(C2CC(O)C(COP(=S)(S)OC3CC(n4ccc(N)nc4=O)OC3COP(=S)(S)OC3CC(n4ccc(N)nc4=O)OC3COP(=S)(S)OC3CC(n4ccc(N)nc4=O)OC3CO)O2)c(=O)n1. The largest absolute Gasteiger partial charge is 0.394 e. The van der Waals surface area contributed by atoms with Gasteiger partial charge in [0.05, 0.1) is 50.8 Å². The highest BCUT2D eigenvalue weighted by molar-refractivity contribution is 8.60. The van der Waals surface area contributed by atoms with Crippen LogP contribution in [0.3, 0.4) is 0 Å². The number of nitrogen functional groups attached to an aromatic ring is 4. The molecule has 400 valence electrons. The van der Waals surface area contributed by atoms with Crippen LogP contribution in [-0.4, -0.2) is 124 Å². The molecular weight excluding hydrogens is 1140 g/mol. The first-order valence-electron chi connectivity index (χ1n) is 21.7. The molecule has 4 saturated heterocycles. The second kappa shape index (κ2) is 23.5. The Morgan fingerprint density at radius 2 is 0.795 bits per heavy atom. The highest BCUT2D eigenvalue weighted by Crippen LogP contribution is 2.60. The maximum atomic E-state index is 13.0. The zero-order valence-electron chi connectivity index (χ0n) is 37.6. The van der Waals surface area contributed by atoms with Gasteiger partial charge in [0.25, 0.3) is 0 Å². The van der Waals surface area contributed by atoms with Crippen LogP contribution in [0.1, 0.15) is 50.6 Å². The molecule has 0 amide bonds. The zero-order valence-corrected chi connectivity index (χ0v) is 45.4. The Morgan fingerprint density at radius 3 is 1.11 bits per heavy atom. The van der Waals surface area contributed by atoms with Crippen LogP contribution in [-0.2, 0) is 81.5 Å². The molecule has 28 nitrogen and oxygen atoms in total. The molecule has 10 N–H and O–H groups in total. The normalized spacial score (nSPS) is 30.8. The fourth-order valence-corrected chi connectivity index (χ4v) is 14.2. The number of aliphatic hydroxyl groups excluding tert-OH is 2. The first kappa shape index (κ1) is 56.4. The van der Waals surface area contributed by atoms with E-state index in [1.54, 1.807) is 0 Å². The van der Waals surface area contributed by atoms with Gasteiger partial charge in [0.15, 0.2) is 0 Å². The molecule has 4 fully saturated rings. The molecule has 0 bridgehead atoms. The summed E-state index contributed by atoms with van der Waals surface area (Å²) in [5, 5.41) is 20.9. The quantitative estimate of drug-likeness (QED) is 0.0430. The summed E-state index contributed by atoms with van der Waals surface area (Å²) in [5.41, 5.74) is 9.31. The Labute approximate surface area is 444 Å². The lowest BCUT2D eigenvalue weighted by Gasteiger charge is -2.28. The summed E-state index contributed by atoms with van der Waals surface area (Å²) in [6.45, 7) is -1.46.